The Hall–Kier alpha value is -2.34. The number of benzene rings is 1. The summed E-state index contributed by atoms with van der Waals surface area (Å²) in [5.41, 5.74) is 2.58. The zero-order chi connectivity index (χ0) is 14.5. The minimum atomic E-state index is -0.466. The van der Waals surface area contributed by atoms with Crippen LogP contribution in [0.3, 0.4) is 0 Å². The van der Waals surface area contributed by atoms with Crippen molar-refractivity contribution in [2.24, 2.45) is 0 Å². The van der Waals surface area contributed by atoms with E-state index in [1.54, 1.807) is 12.1 Å². The molecule has 0 fully saturated rings. The van der Waals surface area contributed by atoms with Crippen LogP contribution in [0.5, 0.6) is 0 Å². The van der Waals surface area contributed by atoms with Gasteiger partial charge in [0, 0.05) is 11.6 Å². The lowest BCUT2D eigenvalue weighted by Crippen LogP contribution is -2.08. The summed E-state index contributed by atoms with van der Waals surface area (Å²) in [6.45, 7) is 3.68. The van der Waals surface area contributed by atoms with E-state index >= 15 is 0 Å². The molecular weight excluding hydrogens is 274 g/mol. The van der Waals surface area contributed by atoms with Gasteiger partial charge in [-0.15, -0.1) is 6.58 Å². The summed E-state index contributed by atoms with van der Waals surface area (Å²) in [4.78, 5) is 22.2. The summed E-state index contributed by atoms with van der Waals surface area (Å²) in [5.74, 6) is 0. The van der Waals surface area contributed by atoms with Gasteiger partial charge in [0.05, 0.1) is 11.4 Å². The van der Waals surface area contributed by atoms with Gasteiger partial charge >= 0.3 is 0 Å². The molecule has 0 aliphatic heterocycles. The molecule has 0 bridgehead atoms. The summed E-state index contributed by atoms with van der Waals surface area (Å²) < 4.78 is 0. The molecule has 0 aliphatic carbocycles. The van der Waals surface area contributed by atoms with E-state index in [4.69, 9.17) is 0 Å². The Balaban J connectivity index is 2.50. The number of nitrogens with one attached hydrogen (secondary N) is 2. The molecule has 0 saturated carbocycles. The van der Waals surface area contributed by atoms with Crippen LogP contribution in [0.15, 0.2) is 47.8 Å². The molecule has 2 aromatic rings. The molecule has 5 nitrogen and oxygen atoms in total. The van der Waals surface area contributed by atoms with Crippen molar-refractivity contribution < 1.29 is 4.79 Å². The first-order valence-corrected chi connectivity index (χ1v) is 6.35. The Bertz CT molecular complexity index is 689. The number of carbonyl (C=O) groups is 1. The van der Waals surface area contributed by atoms with Crippen molar-refractivity contribution in [1.29, 1.82) is 0 Å². The third kappa shape index (κ3) is 3.36. The summed E-state index contributed by atoms with van der Waals surface area (Å²) >= 11 is 3.72. The number of allylic oxidation sites excluding steroid dienone is 1. The second-order valence-corrected chi connectivity index (χ2v) is 4.52. The Kier molecular flexibility index (Phi) is 4.37. The highest BCUT2D eigenvalue weighted by atomic mass is 32.1. The highest BCUT2D eigenvalue weighted by Crippen LogP contribution is 2.27. The van der Waals surface area contributed by atoms with E-state index in [9.17, 15) is 9.59 Å². The topological polar surface area (TPSA) is 74.8 Å². The number of amides is 1. The Morgan fingerprint density at radius 1 is 1.40 bits per heavy atom. The first-order chi connectivity index (χ1) is 9.60. The highest BCUT2D eigenvalue weighted by Gasteiger charge is 2.09. The molecule has 20 heavy (non-hydrogen) atoms. The molecule has 0 saturated heterocycles. The molecule has 2 N–H and O–H groups in total. The molecule has 0 atom stereocenters. The van der Waals surface area contributed by atoms with Gasteiger partial charge in [-0.25, -0.2) is 5.10 Å². The molecule has 1 heterocycles. The average Bonchev–Trinajstić information content (AvgIpc) is 2.40. The molecule has 0 radical (unpaired) electrons. The van der Waals surface area contributed by atoms with Gasteiger partial charge in [-0.05, 0) is 24.1 Å². The van der Waals surface area contributed by atoms with Gasteiger partial charge < -0.3 is 5.32 Å². The maximum atomic E-state index is 11.2. The molecule has 0 aliphatic rings. The number of hydrogen-bond donors (Lipinski definition) is 3. The monoisotopic (exact) mass is 287 g/mol. The average molecular weight is 287 g/mol. The van der Waals surface area contributed by atoms with Crippen LogP contribution >= 0.6 is 12.6 Å². The smallest absolute Gasteiger partial charge is 0.280 e. The minimum absolute atomic E-state index is 0.281. The fraction of sp³-hybridized carbons (Fsp3) is 0.0714. The zero-order valence-corrected chi connectivity index (χ0v) is 11.5. The van der Waals surface area contributed by atoms with Crippen molar-refractivity contribution in [3.05, 3.63) is 58.9 Å². The van der Waals surface area contributed by atoms with E-state index in [-0.39, 0.29) is 5.56 Å². The van der Waals surface area contributed by atoms with E-state index in [2.05, 4.69) is 34.7 Å². The highest BCUT2D eigenvalue weighted by molar-refractivity contribution is 7.96. The van der Waals surface area contributed by atoms with Gasteiger partial charge in [-0.2, -0.15) is 5.10 Å². The van der Waals surface area contributed by atoms with Crippen molar-refractivity contribution in [3.63, 3.8) is 0 Å². The van der Waals surface area contributed by atoms with Gasteiger partial charge in [-0.3, -0.25) is 9.59 Å². The quantitative estimate of drug-likeness (QED) is 0.597. The fourth-order valence-corrected chi connectivity index (χ4v) is 1.94. The minimum Gasteiger partial charge on any atom is -0.316 e. The molecule has 1 amide bonds. The number of thiol groups is 1. The van der Waals surface area contributed by atoms with Gasteiger partial charge in [0.2, 0.25) is 0 Å². The number of anilines is 1. The summed E-state index contributed by atoms with van der Waals surface area (Å²) in [7, 11) is 0. The number of rotatable bonds is 4. The van der Waals surface area contributed by atoms with Crippen molar-refractivity contribution >= 4 is 23.6 Å². The van der Waals surface area contributed by atoms with Crippen LogP contribution in [0.25, 0.3) is 11.3 Å². The fourth-order valence-electron chi connectivity index (χ4n) is 1.82. The largest absolute Gasteiger partial charge is 0.316 e. The summed E-state index contributed by atoms with van der Waals surface area (Å²) in [6.07, 6.45) is 2.47. The standard InChI is InChI=1S/C14H13N3O2S/c1-2-3-9-4-5-10(12(8-9)15-14(19)20)11-6-7-13(18)17-16-11/h2,4-8H,1,3H2,(H,17,18)(H2,15,19,20). The zero-order valence-electron chi connectivity index (χ0n) is 10.6. The van der Waals surface area contributed by atoms with Crippen LogP contribution in [-0.2, 0) is 6.42 Å². The SMILES string of the molecule is C=CCc1ccc(-c2ccc(=O)[nH]n2)c(NC(=O)S)c1. The van der Waals surface area contributed by atoms with E-state index < -0.39 is 5.24 Å². The first kappa shape index (κ1) is 14.1. The number of aromatic amines is 1. The number of H-pyrrole nitrogens is 1. The number of aromatic nitrogens is 2. The maximum Gasteiger partial charge on any atom is 0.280 e. The molecule has 102 valence electrons. The lowest BCUT2D eigenvalue weighted by molar-refractivity contribution is 0.270. The molecule has 1 aromatic heterocycles. The number of carbonyl (C=O) groups excluding carboxylic acids is 1. The summed E-state index contributed by atoms with van der Waals surface area (Å²) in [6, 6.07) is 8.55. The van der Waals surface area contributed by atoms with Crippen molar-refractivity contribution in [2.45, 2.75) is 6.42 Å². The predicted molar refractivity (Wildman–Crippen MR) is 82.2 cm³/mol. The molecule has 1 aromatic carbocycles. The first-order valence-electron chi connectivity index (χ1n) is 5.90. The Morgan fingerprint density at radius 3 is 2.80 bits per heavy atom. The van der Waals surface area contributed by atoms with E-state index in [1.807, 2.05) is 18.2 Å². The molecule has 0 unspecified atom stereocenters. The number of nitrogens with zero attached hydrogens (tertiary/aromatic N) is 1. The van der Waals surface area contributed by atoms with E-state index in [0.717, 1.165) is 5.56 Å². The van der Waals surface area contributed by atoms with Crippen LogP contribution in [0, 0.1) is 0 Å². The predicted octanol–water partition coefficient (Wildman–Crippen LogP) is 2.63. The Morgan fingerprint density at radius 2 is 2.20 bits per heavy atom. The van der Waals surface area contributed by atoms with Gasteiger partial charge in [0.1, 0.15) is 0 Å². The second kappa shape index (κ2) is 6.21. The molecule has 6 heteroatoms. The third-order valence-corrected chi connectivity index (χ3v) is 2.77. The Labute approximate surface area is 121 Å². The van der Waals surface area contributed by atoms with Crippen LogP contribution in [0.1, 0.15) is 5.56 Å². The molecule has 0 spiro atoms. The van der Waals surface area contributed by atoms with Crippen LogP contribution < -0.4 is 10.9 Å². The number of hydrogen-bond acceptors (Lipinski definition) is 3. The molecule has 2 rings (SSSR count). The van der Waals surface area contributed by atoms with Crippen LogP contribution in [-0.4, -0.2) is 15.4 Å². The maximum absolute atomic E-state index is 11.2. The van der Waals surface area contributed by atoms with Crippen molar-refractivity contribution in [1.82, 2.24) is 10.2 Å². The van der Waals surface area contributed by atoms with E-state index in [1.165, 1.54) is 6.07 Å². The second-order valence-electron chi connectivity index (χ2n) is 4.11. The van der Waals surface area contributed by atoms with Crippen molar-refractivity contribution in [3.8, 4) is 11.3 Å². The summed E-state index contributed by atoms with van der Waals surface area (Å²) in [5, 5.41) is 8.50. The van der Waals surface area contributed by atoms with Crippen LogP contribution in [0.2, 0.25) is 0 Å². The van der Waals surface area contributed by atoms with Gasteiger partial charge in [-0.1, -0.05) is 30.8 Å². The lowest BCUT2D eigenvalue weighted by atomic mass is 10.0. The molecular formula is C14H13N3O2S. The van der Waals surface area contributed by atoms with E-state index in [0.29, 0.717) is 23.4 Å². The van der Waals surface area contributed by atoms with Crippen molar-refractivity contribution in [2.75, 3.05) is 5.32 Å². The third-order valence-electron chi connectivity index (χ3n) is 2.66. The normalized spacial score (nSPS) is 10.1. The van der Waals surface area contributed by atoms with Gasteiger partial charge in [0.25, 0.3) is 10.8 Å². The van der Waals surface area contributed by atoms with Gasteiger partial charge in [0.15, 0.2) is 0 Å². The van der Waals surface area contributed by atoms with Crippen LogP contribution in [0.4, 0.5) is 10.5 Å². The lowest BCUT2D eigenvalue weighted by Gasteiger charge is -2.10.